The number of amides is 2. The topological polar surface area (TPSA) is 62.3 Å². The summed E-state index contributed by atoms with van der Waals surface area (Å²) in [6.07, 6.45) is 0.445. The summed E-state index contributed by atoms with van der Waals surface area (Å²) >= 11 is 2.84. The third-order valence-electron chi connectivity index (χ3n) is 4.70. The number of nitrogens with one attached hydrogen (secondary N) is 1. The summed E-state index contributed by atoms with van der Waals surface area (Å²) < 4.78 is 13.3. The van der Waals surface area contributed by atoms with Crippen molar-refractivity contribution in [1.29, 1.82) is 0 Å². The SMILES string of the molecule is CC(C)[C@@H](c1ccc(F)cc1)N(C)C(=O)Cc1csc(NC(=O)Cc2cccs2)n1. The van der Waals surface area contributed by atoms with Gasteiger partial charge in [0, 0.05) is 17.3 Å². The van der Waals surface area contributed by atoms with Crippen LogP contribution in [0.2, 0.25) is 0 Å². The first kappa shape index (κ1) is 22.1. The van der Waals surface area contributed by atoms with Crippen molar-refractivity contribution < 1.29 is 14.0 Å². The summed E-state index contributed by atoms with van der Waals surface area (Å²) in [5, 5.41) is 7.00. The number of thiophene rings is 1. The summed E-state index contributed by atoms with van der Waals surface area (Å²) in [4.78, 5) is 32.1. The predicted molar refractivity (Wildman–Crippen MR) is 119 cm³/mol. The Morgan fingerprint density at radius 3 is 2.50 bits per heavy atom. The van der Waals surface area contributed by atoms with Gasteiger partial charge in [-0.2, -0.15) is 0 Å². The quantitative estimate of drug-likeness (QED) is 0.535. The van der Waals surface area contributed by atoms with E-state index in [0.29, 0.717) is 17.2 Å². The highest BCUT2D eigenvalue weighted by molar-refractivity contribution is 7.14. The number of halogens is 1. The van der Waals surface area contributed by atoms with Gasteiger partial charge in [0.25, 0.3) is 0 Å². The molecule has 0 fully saturated rings. The molecule has 0 saturated heterocycles. The molecule has 0 unspecified atom stereocenters. The van der Waals surface area contributed by atoms with Crippen LogP contribution < -0.4 is 5.32 Å². The fourth-order valence-corrected chi connectivity index (χ4v) is 4.76. The molecular formula is C22H24FN3O2S2. The Kier molecular flexibility index (Phi) is 7.33. The van der Waals surface area contributed by atoms with Crippen LogP contribution in [-0.4, -0.2) is 28.7 Å². The number of anilines is 1. The van der Waals surface area contributed by atoms with Crippen LogP contribution in [0.25, 0.3) is 0 Å². The molecule has 158 valence electrons. The molecule has 2 amide bonds. The van der Waals surface area contributed by atoms with E-state index in [1.807, 2.05) is 31.4 Å². The average Bonchev–Trinajstić information content (AvgIpc) is 3.35. The molecule has 2 heterocycles. The van der Waals surface area contributed by atoms with E-state index in [1.165, 1.54) is 34.8 Å². The minimum absolute atomic E-state index is 0.0835. The van der Waals surface area contributed by atoms with E-state index in [1.54, 1.807) is 29.5 Å². The maximum absolute atomic E-state index is 13.3. The summed E-state index contributed by atoms with van der Waals surface area (Å²) in [5.74, 6) is -0.351. The van der Waals surface area contributed by atoms with Crippen molar-refractivity contribution in [3.8, 4) is 0 Å². The third-order valence-corrected chi connectivity index (χ3v) is 6.38. The molecule has 0 aliphatic rings. The number of carbonyl (C=O) groups is 2. The lowest BCUT2D eigenvalue weighted by molar-refractivity contribution is -0.132. The van der Waals surface area contributed by atoms with Crippen molar-refractivity contribution in [2.24, 2.45) is 5.92 Å². The number of aromatic nitrogens is 1. The van der Waals surface area contributed by atoms with E-state index in [-0.39, 0.29) is 36.0 Å². The third kappa shape index (κ3) is 5.73. The van der Waals surface area contributed by atoms with Crippen LogP contribution in [-0.2, 0) is 22.4 Å². The molecule has 0 bridgehead atoms. The van der Waals surface area contributed by atoms with Crippen molar-refractivity contribution in [1.82, 2.24) is 9.88 Å². The summed E-state index contributed by atoms with van der Waals surface area (Å²) in [6, 6.07) is 9.91. The molecular weight excluding hydrogens is 421 g/mol. The van der Waals surface area contributed by atoms with E-state index in [9.17, 15) is 14.0 Å². The van der Waals surface area contributed by atoms with Crippen molar-refractivity contribution in [3.63, 3.8) is 0 Å². The number of carbonyl (C=O) groups excluding carboxylic acids is 2. The van der Waals surface area contributed by atoms with Crippen molar-refractivity contribution in [2.45, 2.75) is 32.7 Å². The molecule has 0 radical (unpaired) electrons. The molecule has 3 rings (SSSR count). The Bertz CT molecular complexity index is 984. The number of thiazole rings is 1. The zero-order valence-electron chi connectivity index (χ0n) is 17.1. The van der Waals surface area contributed by atoms with Gasteiger partial charge in [-0.1, -0.05) is 32.0 Å². The van der Waals surface area contributed by atoms with Crippen LogP contribution in [0.3, 0.4) is 0 Å². The monoisotopic (exact) mass is 445 g/mol. The second-order valence-corrected chi connectivity index (χ2v) is 9.26. The second-order valence-electron chi connectivity index (χ2n) is 7.37. The highest BCUT2D eigenvalue weighted by atomic mass is 32.1. The highest BCUT2D eigenvalue weighted by Crippen LogP contribution is 2.28. The lowest BCUT2D eigenvalue weighted by Gasteiger charge is -2.31. The van der Waals surface area contributed by atoms with E-state index in [2.05, 4.69) is 10.3 Å². The molecule has 5 nitrogen and oxygen atoms in total. The zero-order chi connectivity index (χ0) is 21.7. The van der Waals surface area contributed by atoms with Gasteiger partial charge in [-0.25, -0.2) is 9.37 Å². The molecule has 1 aromatic carbocycles. The maximum atomic E-state index is 13.3. The Morgan fingerprint density at radius 2 is 1.87 bits per heavy atom. The predicted octanol–water partition coefficient (Wildman–Crippen LogP) is 4.92. The Morgan fingerprint density at radius 1 is 1.13 bits per heavy atom. The minimum atomic E-state index is -0.300. The maximum Gasteiger partial charge on any atom is 0.231 e. The van der Waals surface area contributed by atoms with Gasteiger partial charge in [0.2, 0.25) is 11.8 Å². The molecule has 2 aromatic heterocycles. The molecule has 0 aliphatic heterocycles. The first-order valence-electron chi connectivity index (χ1n) is 9.61. The first-order valence-corrected chi connectivity index (χ1v) is 11.4. The summed E-state index contributed by atoms with van der Waals surface area (Å²) in [5.41, 5.74) is 1.51. The fourth-order valence-electron chi connectivity index (χ4n) is 3.33. The van der Waals surface area contributed by atoms with E-state index in [4.69, 9.17) is 0 Å². The Labute approximate surface area is 183 Å². The minimum Gasteiger partial charge on any atom is -0.338 e. The van der Waals surface area contributed by atoms with Gasteiger partial charge in [-0.3, -0.25) is 9.59 Å². The van der Waals surface area contributed by atoms with Crippen molar-refractivity contribution in [2.75, 3.05) is 12.4 Å². The van der Waals surface area contributed by atoms with Gasteiger partial charge in [0.05, 0.1) is 24.6 Å². The number of hydrogen-bond acceptors (Lipinski definition) is 5. The molecule has 8 heteroatoms. The summed E-state index contributed by atoms with van der Waals surface area (Å²) in [6.45, 7) is 4.06. The lowest BCUT2D eigenvalue weighted by atomic mass is 9.94. The van der Waals surface area contributed by atoms with Crippen molar-refractivity contribution in [3.05, 3.63) is 69.1 Å². The number of benzene rings is 1. The zero-order valence-corrected chi connectivity index (χ0v) is 18.7. The van der Waals surface area contributed by atoms with Gasteiger partial charge < -0.3 is 10.2 Å². The van der Waals surface area contributed by atoms with Crippen LogP contribution in [0.4, 0.5) is 9.52 Å². The molecule has 3 aromatic rings. The van der Waals surface area contributed by atoms with Crippen LogP contribution in [0.5, 0.6) is 0 Å². The number of hydrogen-bond donors (Lipinski definition) is 1. The van der Waals surface area contributed by atoms with Gasteiger partial charge in [0.15, 0.2) is 5.13 Å². The van der Waals surface area contributed by atoms with Crippen LogP contribution in [0, 0.1) is 11.7 Å². The van der Waals surface area contributed by atoms with Gasteiger partial charge in [0.1, 0.15) is 5.82 Å². The number of nitrogens with zero attached hydrogens (tertiary/aromatic N) is 2. The molecule has 30 heavy (non-hydrogen) atoms. The van der Waals surface area contributed by atoms with E-state index < -0.39 is 0 Å². The number of rotatable bonds is 8. The van der Waals surface area contributed by atoms with Crippen LogP contribution >= 0.6 is 22.7 Å². The fraction of sp³-hybridized carbons (Fsp3) is 0.318. The Balaban J connectivity index is 1.62. The van der Waals surface area contributed by atoms with Gasteiger partial charge >= 0.3 is 0 Å². The molecule has 0 aliphatic carbocycles. The standard InChI is InChI=1S/C22H24FN3O2S2/c1-14(2)21(15-6-8-16(23)9-7-15)26(3)20(28)11-17-13-30-22(24-17)25-19(27)12-18-5-4-10-29-18/h4-10,13-14,21H,11-12H2,1-3H3,(H,24,25,27)/t21-/m0/s1. The van der Waals surface area contributed by atoms with E-state index in [0.717, 1.165) is 10.4 Å². The largest absolute Gasteiger partial charge is 0.338 e. The molecule has 0 spiro atoms. The molecule has 0 saturated carbocycles. The smallest absolute Gasteiger partial charge is 0.231 e. The second kappa shape index (κ2) is 9.95. The van der Waals surface area contributed by atoms with Crippen molar-refractivity contribution >= 4 is 39.6 Å². The van der Waals surface area contributed by atoms with E-state index >= 15 is 0 Å². The van der Waals surface area contributed by atoms with Crippen LogP contribution in [0.1, 0.15) is 36.0 Å². The highest BCUT2D eigenvalue weighted by Gasteiger charge is 2.25. The molecule has 1 N–H and O–H groups in total. The Hall–Kier alpha value is -2.58. The lowest BCUT2D eigenvalue weighted by Crippen LogP contribution is -2.35. The molecule has 1 atom stereocenters. The van der Waals surface area contributed by atoms with Gasteiger partial charge in [-0.15, -0.1) is 22.7 Å². The number of likely N-dealkylation sites (N-methyl/N-ethyl adjacent to an activating group) is 1. The average molecular weight is 446 g/mol. The van der Waals surface area contributed by atoms with Crippen LogP contribution in [0.15, 0.2) is 47.2 Å². The summed E-state index contributed by atoms with van der Waals surface area (Å²) in [7, 11) is 1.76. The normalized spacial score (nSPS) is 12.0. The first-order chi connectivity index (χ1) is 14.3. The van der Waals surface area contributed by atoms with Gasteiger partial charge in [-0.05, 0) is 35.1 Å².